The standard InChI is InChI=1S/C30H39N3O6/c1-14-8-15(14)2-3-16-9-18(16)20-11-22(20)23-12-21(23)19-10-17(19)4-5-25(34)31-13-24-27(36)28(37)29(39-24)33-7-6-26(35)32-30(33)38/h2-7,14-24,27-29,36-37H,8-13H2,1H3,(H,31,34)(H,32,35,38)/b3-2+,5-4+/t14-,15-,16-,17+,18+,19-,20-,21+,22+,23-,24-,27-,28-,29-/m1/s1. The van der Waals surface area contributed by atoms with Crippen molar-refractivity contribution in [2.24, 2.45) is 59.2 Å². The molecule has 1 amide bonds. The average Bonchev–Trinajstić information content (AvgIpc) is 3.70. The Labute approximate surface area is 227 Å². The molecule has 9 heteroatoms. The molecular weight excluding hydrogens is 498 g/mol. The third-order valence-electron chi connectivity index (χ3n) is 10.4. The number of aliphatic hydroxyl groups is 2. The van der Waals surface area contributed by atoms with E-state index in [1.165, 1.54) is 38.3 Å². The zero-order chi connectivity index (χ0) is 27.0. The van der Waals surface area contributed by atoms with Gasteiger partial charge in [0.1, 0.15) is 18.3 Å². The summed E-state index contributed by atoms with van der Waals surface area (Å²) in [5.74, 6) is 8.20. The second kappa shape index (κ2) is 9.56. The van der Waals surface area contributed by atoms with E-state index in [0.717, 1.165) is 63.9 Å². The minimum absolute atomic E-state index is 0.00506. The van der Waals surface area contributed by atoms with Gasteiger partial charge in [0.15, 0.2) is 6.23 Å². The maximum Gasteiger partial charge on any atom is 0.330 e. The lowest BCUT2D eigenvalue weighted by Crippen LogP contribution is -2.39. The van der Waals surface area contributed by atoms with Gasteiger partial charge in [-0.25, -0.2) is 4.79 Å². The number of allylic oxidation sites excluding steroid dienone is 3. The minimum Gasteiger partial charge on any atom is -0.387 e. The van der Waals surface area contributed by atoms with E-state index in [1.54, 1.807) is 6.08 Å². The Balaban J connectivity index is 0.825. The van der Waals surface area contributed by atoms with E-state index in [9.17, 15) is 24.6 Å². The van der Waals surface area contributed by atoms with Crippen LogP contribution in [0.1, 0.15) is 45.3 Å². The number of nitrogens with one attached hydrogen (secondary N) is 2. The summed E-state index contributed by atoms with van der Waals surface area (Å²) in [4.78, 5) is 37.8. The molecule has 6 fully saturated rings. The number of ether oxygens (including phenoxy) is 1. The van der Waals surface area contributed by atoms with Crippen LogP contribution in [0.15, 0.2) is 46.2 Å². The van der Waals surface area contributed by atoms with Crippen molar-refractivity contribution < 1.29 is 19.7 Å². The molecule has 0 aromatic carbocycles. The second-order valence-corrected chi connectivity index (χ2v) is 13.2. The Hall–Kier alpha value is -2.49. The number of rotatable bonds is 10. The fraction of sp³-hybridized carbons (Fsp3) is 0.700. The first-order chi connectivity index (χ1) is 18.8. The van der Waals surface area contributed by atoms with Gasteiger partial charge < -0.3 is 20.3 Å². The molecule has 0 unspecified atom stereocenters. The molecule has 7 rings (SSSR count). The van der Waals surface area contributed by atoms with E-state index >= 15 is 0 Å². The highest BCUT2D eigenvalue weighted by atomic mass is 16.6. The van der Waals surface area contributed by atoms with Crippen molar-refractivity contribution in [3.63, 3.8) is 0 Å². The highest BCUT2D eigenvalue weighted by Crippen LogP contribution is 2.70. The highest BCUT2D eigenvalue weighted by molar-refractivity contribution is 5.87. The molecule has 1 aromatic heterocycles. The van der Waals surface area contributed by atoms with Crippen LogP contribution in [0.3, 0.4) is 0 Å². The fourth-order valence-electron chi connectivity index (χ4n) is 7.47. The van der Waals surface area contributed by atoms with Crippen molar-refractivity contribution >= 4 is 5.91 Å². The molecule has 1 aromatic rings. The van der Waals surface area contributed by atoms with Gasteiger partial charge in [-0.2, -0.15) is 0 Å². The van der Waals surface area contributed by atoms with E-state index in [2.05, 4.69) is 29.4 Å². The maximum absolute atomic E-state index is 12.4. The Bertz CT molecular complexity index is 1300. The van der Waals surface area contributed by atoms with Gasteiger partial charge in [-0.1, -0.05) is 25.2 Å². The summed E-state index contributed by atoms with van der Waals surface area (Å²) in [5, 5.41) is 23.4. The van der Waals surface area contributed by atoms with E-state index in [0.29, 0.717) is 5.92 Å². The quantitative estimate of drug-likeness (QED) is 0.265. The molecule has 0 spiro atoms. The summed E-state index contributed by atoms with van der Waals surface area (Å²) in [6.07, 6.45) is 11.9. The van der Waals surface area contributed by atoms with Crippen molar-refractivity contribution in [3.05, 3.63) is 57.4 Å². The van der Waals surface area contributed by atoms with Crippen molar-refractivity contribution in [1.82, 2.24) is 14.9 Å². The van der Waals surface area contributed by atoms with Gasteiger partial charge in [0.2, 0.25) is 5.91 Å². The smallest absolute Gasteiger partial charge is 0.330 e. The number of carbonyl (C=O) groups excluding carboxylic acids is 1. The molecular formula is C30H39N3O6. The Kier molecular flexibility index (Phi) is 6.25. The van der Waals surface area contributed by atoms with Gasteiger partial charge in [-0.05, 0) is 97.4 Å². The molecule has 5 aliphatic carbocycles. The summed E-state index contributed by atoms with van der Waals surface area (Å²) >= 11 is 0. The normalized spacial score (nSPS) is 47.5. The molecule has 39 heavy (non-hydrogen) atoms. The average molecular weight is 538 g/mol. The van der Waals surface area contributed by atoms with Gasteiger partial charge in [0.05, 0.1) is 0 Å². The summed E-state index contributed by atoms with van der Waals surface area (Å²) in [6, 6.07) is 1.14. The third-order valence-corrected chi connectivity index (χ3v) is 10.4. The van der Waals surface area contributed by atoms with Crippen molar-refractivity contribution in [2.45, 2.75) is 63.6 Å². The summed E-state index contributed by atoms with van der Waals surface area (Å²) < 4.78 is 6.67. The van der Waals surface area contributed by atoms with Gasteiger partial charge in [-0.15, -0.1) is 0 Å². The van der Waals surface area contributed by atoms with Gasteiger partial charge in [0, 0.05) is 18.8 Å². The number of hydrogen-bond acceptors (Lipinski definition) is 6. The van der Waals surface area contributed by atoms with Crippen molar-refractivity contribution in [2.75, 3.05) is 6.54 Å². The van der Waals surface area contributed by atoms with Crippen molar-refractivity contribution in [3.8, 4) is 0 Å². The van der Waals surface area contributed by atoms with Crippen LogP contribution in [0, 0.1) is 59.2 Å². The molecule has 2 heterocycles. The summed E-state index contributed by atoms with van der Waals surface area (Å²) in [6.45, 7) is 2.34. The molecule has 9 nitrogen and oxygen atoms in total. The number of amides is 1. The molecule has 14 atom stereocenters. The topological polar surface area (TPSA) is 134 Å². The Morgan fingerprint density at radius 2 is 1.56 bits per heavy atom. The largest absolute Gasteiger partial charge is 0.387 e. The van der Waals surface area contributed by atoms with Crippen LogP contribution in [0.2, 0.25) is 0 Å². The fourth-order valence-corrected chi connectivity index (χ4v) is 7.47. The van der Waals surface area contributed by atoms with Crippen LogP contribution in [-0.2, 0) is 9.53 Å². The van der Waals surface area contributed by atoms with Crippen LogP contribution in [0.5, 0.6) is 0 Å². The minimum atomic E-state index is -1.37. The molecule has 1 saturated heterocycles. The van der Waals surface area contributed by atoms with Gasteiger partial charge in [0.25, 0.3) is 5.56 Å². The first-order valence-electron chi connectivity index (χ1n) is 14.8. The highest BCUT2D eigenvalue weighted by Gasteiger charge is 2.63. The van der Waals surface area contributed by atoms with Crippen LogP contribution >= 0.6 is 0 Å². The van der Waals surface area contributed by atoms with E-state index < -0.39 is 35.8 Å². The zero-order valence-electron chi connectivity index (χ0n) is 22.3. The monoisotopic (exact) mass is 537 g/mol. The number of nitrogens with zero attached hydrogens (tertiary/aromatic N) is 1. The lowest BCUT2D eigenvalue weighted by molar-refractivity contribution is -0.117. The summed E-state index contributed by atoms with van der Waals surface area (Å²) in [7, 11) is 0. The number of H-pyrrole nitrogens is 1. The van der Waals surface area contributed by atoms with Crippen LogP contribution in [0.4, 0.5) is 0 Å². The number of aromatic nitrogens is 2. The predicted molar refractivity (Wildman–Crippen MR) is 142 cm³/mol. The van der Waals surface area contributed by atoms with E-state index in [1.807, 2.05) is 6.08 Å². The lowest BCUT2D eigenvalue weighted by atomic mass is 10.1. The van der Waals surface area contributed by atoms with E-state index in [-0.39, 0.29) is 12.5 Å². The number of aromatic amines is 1. The molecule has 210 valence electrons. The zero-order valence-corrected chi connectivity index (χ0v) is 22.3. The SMILES string of the molecule is C[C@@H]1C[C@H]1/C=C/[C@@H]1C[C@@H]1[C@H]1C[C@@H]1[C@@H]1C[C@H]1[C@@H]1C[C@@H]1/C=C/C(=O)NC[C@H]1O[C@@H](n2ccc(=O)[nH]c2=O)[C@H](O)[C@@H]1O. The molecule has 4 N–H and O–H groups in total. The van der Waals surface area contributed by atoms with Crippen LogP contribution in [0.25, 0.3) is 0 Å². The molecule has 5 saturated carbocycles. The van der Waals surface area contributed by atoms with Gasteiger partial charge >= 0.3 is 5.69 Å². The lowest BCUT2D eigenvalue weighted by Gasteiger charge is -2.16. The number of carbonyl (C=O) groups is 1. The maximum atomic E-state index is 12.4. The van der Waals surface area contributed by atoms with Crippen LogP contribution in [-0.4, -0.2) is 50.5 Å². The molecule has 6 aliphatic rings. The van der Waals surface area contributed by atoms with Crippen molar-refractivity contribution in [1.29, 1.82) is 0 Å². The first-order valence-corrected chi connectivity index (χ1v) is 14.8. The number of aliphatic hydroxyl groups excluding tert-OH is 2. The van der Waals surface area contributed by atoms with E-state index in [4.69, 9.17) is 4.74 Å². The molecule has 0 bridgehead atoms. The Morgan fingerprint density at radius 3 is 2.21 bits per heavy atom. The summed E-state index contributed by atoms with van der Waals surface area (Å²) in [5.41, 5.74) is -1.31. The molecule has 1 aliphatic heterocycles. The number of hydrogen-bond donors (Lipinski definition) is 4. The third kappa shape index (κ3) is 5.21. The van der Waals surface area contributed by atoms with Gasteiger partial charge in [-0.3, -0.25) is 19.1 Å². The second-order valence-electron chi connectivity index (χ2n) is 13.2. The Morgan fingerprint density at radius 1 is 0.949 bits per heavy atom. The molecule has 0 radical (unpaired) electrons. The van der Waals surface area contributed by atoms with Crippen LogP contribution < -0.4 is 16.6 Å². The predicted octanol–water partition coefficient (Wildman–Crippen LogP) is 1.58. The first kappa shape index (κ1) is 25.5.